The van der Waals surface area contributed by atoms with Crippen LogP contribution in [0.5, 0.6) is 0 Å². The Labute approximate surface area is 125 Å². The average molecular weight is 329 g/mol. The van der Waals surface area contributed by atoms with Crippen LogP contribution in [0.1, 0.15) is 16.5 Å². The third kappa shape index (κ3) is 3.46. The number of rotatable bonds is 5. The number of aryl methyl sites for hydroxylation is 1. The standard InChI is InChI=1S/C13H12FNO4S2/c1-8-4-5-9(14)7-11(8)21(18,19)15-12(13(16)17)10-3-2-6-20-10/h2-7,12,15H,1H3,(H,16,17). The molecule has 0 spiro atoms. The number of hydrogen-bond acceptors (Lipinski definition) is 4. The molecule has 1 aromatic heterocycles. The van der Waals surface area contributed by atoms with Gasteiger partial charge < -0.3 is 5.11 Å². The molecule has 0 bridgehead atoms. The van der Waals surface area contributed by atoms with E-state index >= 15 is 0 Å². The van der Waals surface area contributed by atoms with E-state index in [1.165, 1.54) is 19.1 Å². The van der Waals surface area contributed by atoms with Crippen molar-refractivity contribution in [3.63, 3.8) is 0 Å². The van der Waals surface area contributed by atoms with Crippen molar-refractivity contribution in [1.29, 1.82) is 0 Å². The minimum Gasteiger partial charge on any atom is -0.480 e. The van der Waals surface area contributed by atoms with Crippen LogP contribution in [0.25, 0.3) is 0 Å². The van der Waals surface area contributed by atoms with Gasteiger partial charge in [0.2, 0.25) is 10.0 Å². The van der Waals surface area contributed by atoms with Gasteiger partial charge in [0, 0.05) is 4.88 Å². The van der Waals surface area contributed by atoms with E-state index in [1.807, 2.05) is 0 Å². The molecule has 0 saturated heterocycles. The molecule has 0 aliphatic rings. The number of halogens is 1. The fraction of sp³-hybridized carbons (Fsp3) is 0.154. The second-order valence-corrected chi connectivity index (χ2v) is 6.98. The fourth-order valence-corrected chi connectivity index (χ4v) is 4.03. The molecule has 0 saturated carbocycles. The maximum absolute atomic E-state index is 13.2. The van der Waals surface area contributed by atoms with E-state index in [-0.39, 0.29) is 4.90 Å². The highest BCUT2D eigenvalue weighted by molar-refractivity contribution is 7.89. The Balaban J connectivity index is 2.40. The third-order valence-electron chi connectivity index (χ3n) is 2.79. The summed E-state index contributed by atoms with van der Waals surface area (Å²) in [6, 6.07) is 5.07. The molecular formula is C13H12FNO4S2. The Bertz CT molecular complexity index is 756. The van der Waals surface area contributed by atoms with Crippen molar-refractivity contribution in [2.45, 2.75) is 17.9 Å². The van der Waals surface area contributed by atoms with Gasteiger partial charge in [-0.15, -0.1) is 11.3 Å². The second kappa shape index (κ2) is 5.92. The van der Waals surface area contributed by atoms with E-state index in [0.717, 1.165) is 23.5 Å². The molecule has 21 heavy (non-hydrogen) atoms. The molecule has 2 aromatic rings. The Morgan fingerprint density at radius 3 is 2.67 bits per heavy atom. The van der Waals surface area contributed by atoms with E-state index in [0.29, 0.717) is 10.4 Å². The highest BCUT2D eigenvalue weighted by Crippen LogP contribution is 2.23. The van der Waals surface area contributed by atoms with Crippen molar-refractivity contribution in [2.75, 3.05) is 0 Å². The van der Waals surface area contributed by atoms with Gasteiger partial charge in [0.15, 0.2) is 6.04 Å². The molecule has 0 radical (unpaired) electrons. The summed E-state index contributed by atoms with van der Waals surface area (Å²) < 4.78 is 39.9. The van der Waals surface area contributed by atoms with Crippen molar-refractivity contribution in [3.8, 4) is 0 Å². The lowest BCUT2D eigenvalue weighted by molar-refractivity contribution is -0.139. The number of carboxylic acids is 1. The summed E-state index contributed by atoms with van der Waals surface area (Å²) in [6.45, 7) is 1.51. The predicted octanol–water partition coefficient (Wildman–Crippen LogP) is 2.30. The maximum Gasteiger partial charge on any atom is 0.327 e. The van der Waals surface area contributed by atoms with Gasteiger partial charge in [-0.05, 0) is 36.1 Å². The van der Waals surface area contributed by atoms with E-state index in [4.69, 9.17) is 0 Å². The lowest BCUT2D eigenvalue weighted by Crippen LogP contribution is -2.33. The molecule has 8 heteroatoms. The zero-order valence-corrected chi connectivity index (χ0v) is 12.5. The Morgan fingerprint density at radius 2 is 2.10 bits per heavy atom. The Kier molecular flexibility index (Phi) is 4.40. The van der Waals surface area contributed by atoms with Crippen LogP contribution in [-0.2, 0) is 14.8 Å². The number of carbonyl (C=O) groups is 1. The first kappa shape index (κ1) is 15.6. The first-order valence-electron chi connectivity index (χ1n) is 5.86. The summed E-state index contributed by atoms with van der Waals surface area (Å²) in [6.07, 6.45) is 0. The number of nitrogens with one attached hydrogen (secondary N) is 1. The zero-order valence-electron chi connectivity index (χ0n) is 10.9. The van der Waals surface area contributed by atoms with Crippen LogP contribution in [0.15, 0.2) is 40.6 Å². The third-order valence-corrected chi connectivity index (χ3v) is 5.29. The van der Waals surface area contributed by atoms with Gasteiger partial charge >= 0.3 is 5.97 Å². The van der Waals surface area contributed by atoms with Crippen molar-refractivity contribution in [2.24, 2.45) is 0 Å². The topological polar surface area (TPSA) is 83.5 Å². The molecule has 0 fully saturated rings. The van der Waals surface area contributed by atoms with Crippen molar-refractivity contribution >= 4 is 27.3 Å². The molecule has 1 unspecified atom stereocenters. The van der Waals surface area contributed by atoms with Crippen LogP contribution in [0.4, 0.5) is 4.39 Å². The number of thiophene rings is 1. The van der Waals surface area contributed by atoms with Gasteiger partial charge in [-0.25, -0.2) is 12.8 Å². The summed E-state index contributed by atoms with van der Waals surface area (Å²) in [5.74, 6) is -2.03. The second-order valence-electron chi connectivity index (χ2n) is 4.32. The van der Waals surface area contributed by atoms with E-state index in [2.05, 4.69) is 4.72 Å². The number of benzene rings is 1. The zero-order chi connectivity index (χ0) is 15.6. The molecule has 0 aliphatic carbocycles. The lowest BCUT2D eigenvalue weighted by Gasteiger charge is -2.14. The number of sulfonamides is 1. The number of carboxylic acid groups (broad SMARTS) is 1. The number of hydrogen-bond donors (Lipinski definition) is 2. The minimum absolute atomic E-state index is 0.273. The molecule has 5 nitrogen and oxygen atoms in total. The number of aliphatic carboxylic acids is 1. The van der Waals surface area contributed by atoms with Crippen LogP contribution in [0, 0.1) is 12.7 Å². The van der Waals surface area contributed by atoms with Gasteiger partial charge in [-0.2, -0.15) is 4.72 Å². The van der Waals surface area contributed by atoms with Crippen LogP contribution in [0.3, 0.4) is 0 Å². The van der Waals surface area contributed by atoms with Crippen molar-refractivity contribution < 1.29 is 22.7 Å². The van der Waals surface area contributed by atoms with Crippen molar-refractivity contribution in [1.82, 2.24) is 4.72 Å². The lowest BCUT2D eigenvalue weighted by atomic mass is 10.2. The normalized spacial score (nSPS) is 13.0. The first-order chi connectivity index (χ1) is 9.81. The summed E-state index contributed by atoms with van der Waals surface area (Å²) >= 11 is 1.12. The molecular weight excluding hydrogens is 317 g/mol. The molecule has 1 heterocycles. The highest BCUT2D eigenvalue weighted by atomic mass is 32.2. The van der Waals surface area contributed by atoms with Crippen LogP contribution >= 0.6 is 11.3 Å². The largest absolute Gasteiger partial charge is 0.480 e. The molecule has 2 rings (SSSR count). The predicted molar refractivity (Wildman–Crippen MR) is 76.2 cm³/mol. The molecule has 0 amide bonds. The first-order valence-corrected chi connectivity index (χ1v) is 8.22. The summed E-state index contributed by atoms with van der Waals surface area (Å²) in [4.78, 5) is 11.3. The Hall–Kier alpha value is -1.77. The average Bonchev–Trinajstić information content (AvgIpc) is 2.92. The van der Waals surface area contributed by atoms with E-state index in [9.17, 15) is 22.7 Å². The Morgan fingerprint density at radius 1 is 1.38 bits per heavy atom. The monoisotopic (exact) mass is 329 g/mol. The van der Waals surface area contributed by atoms with Gasteiger partial charge in [-0.3, -0.25) is 4.79 Å². The minimum atomic E-state index is -4.15. The molecule has 1 aromatic carbocycles. The summed E-state index contributed by atoms with van der Waals surface area (Å²) in [7, 11) is -4.15. The quantitative estimate of drug-likeness (QED) is 0.881. The van der Waals surface area contributed by atoms with Gasteiger partial charge in [-0.1, -0.05) is 12.1 Å². The van der Waals surface area contributed by atoms with E-state index in [1.54, 1.807) is 11.4 Å². The van der Waals surface area contributed by atoms with E-state index < -0.39 is 27.9 Å². The molecule has 2 N–H and O–H groups in total. The van der Waals surface area contributed by atoms with Gasteiger partial charge in [0.25, 0.3) is 0 Å². The molecule has 112 valence electrons. The van der Waals surface area contributed by atoms with Crippen LogP contribution in [-0.4, -0.2) is 19.5 Å². The van der Waals surface area contributed by atoms with Crippen LogP contribution < -0.4 is 4.72 Å². The molecule has 0 aliphatic heterocycles. The summed E-state index contributed by atoms with van der Waals surface area (Å²) in [5.41, 5.74) is 0.333. The van der Waals surface area contributed by atoms with Crippen LogP contribution in [0.2, 0.25) is 0 Å². The molecule has 1 atom stereocenters. The van der Waals surface area contributed by atoms with Gasteiger partial charge in [0.1, 0.15) is 5.82 Å². The highest BCUT2D eigenvalue weighted by Gasteiger charge is 2.28. The fourth-order valence-electron chi connectivity index (χ4n) is 1.77. The summed E-state index contributed by atoms with van der Waals surface area (Å²) in [5, 5.41) is 10.8. The SMILES string of the molecule is Cc1ccc(F)cc1S(=O)(=O)NC(C(=O)O)c1cccs1. The van der Waals surface area contributed by atoms with Gasteiger partial charge in [0.05, 0.1) is 4.90 Å². The smallest absolute Gasteiger partial charge is 0.327 e. The maximum atomic E-state index is 13.2. The van der Waals surface area contributed by atoms with Crippen molar-refractivity contribution in [3.05, 3.63) is 52.0 Å².